The van der Waals surface area contributed by atoms with Crippen LogP contribution in [-0.4, -0.2) is 40.8 Å². The number of rotatable bonds is 2. The van der Waals surface area contributed by atoms with Gasteiger partial charge in [0.1, 0.15) is 0 Å². The molecule has 88 valence electrons. The molecular formula is C12H20N4. The lowest BCUT2D eigenvalue weighted by atomic mass is 9.94. The Hall–Kier alpha value is -1.03. The first kappa shape index (κ1) is 10.1. The van der Waals surface area contributed by atoms with E-state index in [0.717, 1.165) is 17.3 Å². The van der Waals surface area contributed by atoms with Crippen LogP contribution in [0.1, 0.15) is 24.2 Å². The third-order valence-electron chi connectivity index (χ3n) is 4.09. The van der Waals surface area contributed by atoms with Gasteiger partial charge in [-0.2, -0.15) is 5.10 Å². The van der Waals surface area contributed by atoms with Crippen molar-refractivity contribution in [3.05, 3.63) is 11.4 Å². The molecule has 0 aromatic carbocycles. The molecule has 2 fully saturated rings. The summed E-state index contributed by atoms with van der Waals surface area (Å²) >= 11 is 0. The number of H-pyrrole nitrogens is 1. The van der Waals surface area contributed by atoms with E-state index in [1.165, 1.54) is 38.2 Å². The van der Waals surface area contributed by atoms with E-state index < -0.39 is 0 Å². The lowest BCUT2D eigenvalue weighted by molar-refractivity contribution is 0.255. The monoisotopic (exact) mass is 220 g/mol. The van der Waals surface area contributed by atoms with Gasteiger partial charge in [-0.1, -0.05) is 0 Å². The van der Waals surface area contributed by atoms with Crippen LogP contribution < -0.4 is 5.32 Å². The van der Waals surface area contributed by atoms with E-state index in [1.807, 2.05) is 0 Å². The maximum absolute atomic E-state index is 4.25. The summed E-state index contributed by atoms with van der Waals surface area (Å²) in [5, 5.41) is 11.0. The molecule has 0 aliphatic carbocycles. The van der Waals surface area contributed by atoms with Gasteiger partial charge in [0.05, 0.1) is 17.1 Å². The van der Waals surface area contributed by atoms with Gasteiger partial charge in [-0.05, 0) is 39.2 Å². The zero-order chi connectivity index (χ0) is 11.1. The fourth-order valence-corrected chi connectivity index (χ4v) is 3.09. The zero-order valence-electron chi connectivity index (χ0n) is 10.1. The standard InChI is InChI=1S/C12H20N4/c1-8-12(9(2)15-14-8)13-11-4-6-16-5-3-10(11)7-16/h10-11,13H,3-7H2,1-2H3,(H,14,15). The summed E-state index contributed by atoms with van der Waals surface area (Å²) in [5.41, 5.74) is 3.49. The highest BCUT2D eigenvalue weighted by molar-refractivity contribution is 5.52. The van der Waals surface area contributed by atoms with Crippen LogP contribution >= 0.6 is 0 Å². The normalized spacial score (nSPS) is 33.0. The molecule has 4 nitrogen and oxygen atoms in total. The molecule has 16 heavy (non-hydrogen) atoms. The lowest BCUT2D eigenvalue weighted by Gasteiger charge is -2.31. The summed E-state index contributed by atoms with van der Waals surface area (Å²) < 4.78 is 0. The number of nitrogens with zero attached hydrogens (tertiary/aromatic N) is 2. The van der Waals surface area contributed by atoms with E-state index in [1.54, 1.807) is 0 Å². The Morgan fingerprint density at radius 2 is 2.12 bits per heavy atom. The molecular weight excluding hydrogens is 200 g/mol. The average Bonchev–Trinajstić information content (AvgIpc) is 2.80. The molecule has 2 aliphatic heterocycles. The van der Waals surface area contributed by atoms with Crippen molar-refractivity contribution >= 4 is 5.69 Å². The minimum Gasteiger partial charge on any atom is -0.379 e. The Bertz CT molecular complexity index is 365. The van der Waals surface area contributed by atoms with Crippen LogP contribution in [0.15, 0.2) is 0 Å². The summed E-state index contributed by atoms with van der Waals surface area (Å²) in [4.78, 5) is 2.58. The Balaban J connectivity index is 1.75. The molecule has 0 amide bonds. The molecule has 4 heteroatoms. The minimum atomic E-state index is 0.647. The Morgan fingerprint density at radius 1 is 1.31 bits per heavy atom. The highest BCUT2D eigenvalue weighted by atomic mass is 15.2. The van der Waals surface area contributed by atoms with Crippen LogP contribution in [0.5, 0.6) is 0 Å². The number of aromatic amines is 1. The van der Waals surface area contributed by atoms with Crippen molar-refractivity contribution in [2.75, 3.05) is 25.0 Å². The quantitative estimate of drug-likeness (QED) is 0.794. The predicted molar refractivity (Wildman–Crippen MR) is 64.6 cm³/mol. The van der Waals surface area contributed by atoms with Crippen LogP contribution in [-0.2, 0) is 0 Å². The van der Waals surface area contributed by atoms with Gasteiger partial charge in [-0.3, -0.25) is 5.10 Å². The van der Waals surface area contributed by atoms with Gasteiger partial charge < -0.3 is 10.2 Å². The fourth-order valence-electron chi connectivity index (χ4n) is 3.09. The Labute approximate surface area is 96.4 Å². The van der Waals surface area contributed by atoms with E-state index in [-0.39, 0.29) is 0 Å². The highest BCUT2D eigenvalue weighted by Gasteiger charge is 2.34. The fraction of sp³-hybridized carbons (Fsp3) is 0.750. The summed E-state index contributed by atoms with van der Waals surface area (Å²) in [7, 11) is 0. The van der Waals surface area contributed by atoms with Gasteiger partial charge in [0.2, 0.25) is 0 Å². The number of anilines is 1. The smallest absolute Gasteiger partial charge is 0.0825 e. The first-order valence-corrected chi connectivity index (χ1v) is 6.24. The minimum absolute atomic E-state index is 0.647. The molecule has 1 aromatic heterocycles. The second-order valence-electron chi connectivity index (χ2n) is 5.20. The van der Waals surface area contributed by atoms with Crippen molar-refractivity contribution in [3.63, 3.8) is 0 Å². The number of piperidine rings is 1. The van der Waals surface area contributed by atoms with Crippen molar-refractivity contribution in [1.82, 2.24) is 15.1 Å². The predicted octanol–water partition coefficient (Wildman–Crippen LogP) is 1.53. The van der Waals surface area contributed by atoms with Crippen molar-refractivity contribution in [2.45, 2.75) is 32.7 Å². The van der Waals surface area contributed by atoms with Gasteiger partial charge in [-0.15, -0.1) is 0 Å². The zero-order valence-corrected chi connectivity index (χ0v) is 10.1. The van der Waals surface area contributed by atoms with Crippen LogP contribution in [0.4, 0.5) is 5.69 Å². The number of hydrogen-bond donors (Lipinski definition) is 2. The lowest BCUT2D eigenvalue weighted by Crippen LogP contribution is -2.39. The molecule has 0 saturated carbocycles. The summed E-state index contributed by atoms with van der Waals surface area (Å²) in [5.74, 6) is 0.836. The van der Waals surface area contributed by atoms with Crippen LogP contribution in [0.2, 0.25) is 0 Å². The molecule has 0 radical (unpaired) electrons. The first-order chi connectivity index (χ1) is 7.74. The second kappa shape index (κ2) is 3.77. The van der Waals surface area contributed by atoms with Gasteiger partial charge >= 0.3 is 0 Å². The molecule has 3 heterocycles. The van der Waals surface area contributed by atoms with Gasteiger partial charge in [0.25, 0.3) is 0 Å². The third kappa shape index (κ3) is 1.61. The molecule has 3 atom stereocenters. The molecule has 3 rings (SSSR count). The van der Waals surface area contributed by atoms with Crippen LogP contribution in [0, 0.1) is 19.8 Å². The third-order valence-corrected chi connectivity index (χ3v) is 4.09. The van der Waals surface area contributed by atoms with Gasteiger partial charge in [0.15, 0.2) is 0 Å². The van der Waals surface area contributed by atoms with Crippen molar-refractivity contribution in [3.8, 4) is 0 Å². The highest BCUT2D eigenvalue weighted by Crippen LogP contribution is 2.30. The molecule has 2 N–H and O–H groups in total. The van der Waals surface area contributed by atoms with Crippen molar-refractivity contribution in [2.24, 2.45) is 5.92 Å². The van der Waals surface area contributed by atoms with Gasteiger partial charge in [0, 0.05) is 19.1 Å². The Morgan fingerprint density at radius 3 is 2.88 bits per heavy atom. The molecule has 1 aromatic rings. The number of hydrogen-bond acceptors (Lipinski definition) is 3. The van der Waals surface area contributed by atoms with E-state index >= 15 is 0 Å². The van der Waals surface area contributed by atoms with E-state index in [2.05, 4.69) is 34.3 Å². The molecule has 2 saturated heterocycles. The molecule has 2 bridgehead atoms. The van der Waals surface area contributed by atoms with E-state index in [4.69, 9.17) is 0 Å². The first-order valence-electron chi connectivity index (χ1n) is 6.24. The largest absolute Gasteiger partial charge is 0.379 e. The van der Waals surface area contributed by atoms with Crippen LogP contribution in [0.3, 0.4) is 0 Å². The maximum Gasteiger partial charge on any atom is 0.0825 e. The summed E-state index contributed by atoms with van der Waals surface area (Å²) in [6.45, 7) is 7.99. The van der Waals surface area contributed by atoms with Crippen molar-refractivity contribution in [1.29, 1.82) is 0 Å². The second-order valence-corrected chi connectivity index (χ2v) is 5.20. The Kier molecular flexibility index (Phi) is 2.39. The molecule has 2 aliphatic rings. The van der Waals surface area contributed by atoms with Crippen molar-refractivity contribution < 1.29 is 0 Å². The summed E-state index contributed by atoms with van der Waals surface area (Å²) in [6, 6.07) is 0.647. The van der Waals surface area contributed by atoms with E-state index in [0.29, 0.717) is 6.04 Å². The number of fused-ring (bicyclic) bond motifs is 2. The number of aryl methyl sites for hydroxylation is 2. The molecule has 3 unspecified atom stereocenters. The SMILES string of the molecule is Cc1n[nH]c(C)c1NC1CCN2CCC1C2. The number of aromatic nitrogens is 2. The van der Waals surface area contributed by atoms with Gasteiger partial charge in [-0.25, -0.2) is 0 Å². The maximum atomic E-state index is 4.25. The van der Waals surface area contributed by atoms with Crippen LogP contribution in [0.25, 0.3) is 0 Å². The average molecular weight is 220 g/mol. The molecule has 0 spiro atoms. The topological polar surface area (TPSA) is 44.0 Å². The summed E-state index contributed by atoms with van der Waals surface area (Å²) in [6.07, 6.45) is 2.63. The number of nitrogens with one attached hydrogen (secondary N) is 2. The van der Waals surface area contributed by atoms with E-state index in [9.17, 15) is 0 Å².